The van der Waals surface area contributed by atoms with Crippen molar-refractivity contribution in [2.75, 3.05) is 18.5 Å². The van der Waals surface area contributed by atoms with Crippen LogP contribution in [0.2, 0.25) is 0 Å². The van der Waals surface area contributed by atoms with Crippen LogP contribution in [0.5, 0.6) is 5.88 Å². The Morgan fingerprint density at radius 3 is 2.88 bits per heavy atom. The standard InChI is InChI=1S/C12H19N3O/c1-3-12(6-7-12)9-14-11-13-8-5-10(15-11)16-4-2/h5,8H,3-4,6-7,9H2,1-2H3,(H,13,14,15). The number of aromatic nitrogens is 2. The van der Waals surface area contributed by atoms with Gasteiger partial charge in [-0.25, -0.2) is 4.98 Å². The van der Waals surface area contributed by atoms with Crippen LogP contribution in [0.15, 0.2) is 12.3 Å². The van der Waals surface area contributed by atoms with Crippen LogP contribution in [0.3, 0.4) is 0 Å². The number of ether oxygens (including phenoxy) is 1. The van der Waals surface area contributed by atoms with Gasteiger partial charge in [0.15, 0.2) is 0 Å². The molecule has 1 aromatic rings. The maximum atomic E-state index is 5.33. The highest BCUT2D eigenvalue weighted by Gasteiger charge is 2.40. The molecule has 1 aliphatic rings. The van der Waals surface area contributed by atoms with Crippen LogP contribution in [-0.2, 0) is 0 Å². The summed E-state index contributed by atoms with van der Waals surface area (Å²) in [5, 5.41) is 3.29. The van der Waals surface area contributed by atoms with Gasteiger partial charge < -0.3 is 10.1 Å². The Balaban J connectivity index is 1.91. The van der Waals surface area contributed by atoms with Crippen molar-refractivity contribution in [1.82, 2.24) is 9.97 Å². The lowest BCUT2D eigenvalue weighted by Gasteiger charge is -2.13. The van der Waals surface area contributed by atoms with Gasteiger partial charge in [-0.05, 0) is 31.6 Å². The molecule has 4 nitrogen and oxygen atoms in total. The number of nitrogens with one attached hydrogen (secondary N) is 1. The van der Waals surface area contributed by atoms with Crippen molar-refractivity contribution in [3.63, 3.8) is 0 Å². The molecule has 0 bridgehead atoms. The van der Waals surface area contributed by atoms with Gasteiger partial charge in [0, 0.05) is 18.8 Å². The maximum Gasteiger partial charge on any atom is 0.225 e. The molecule has 0 spiro atoms. The molecule has 0 aliphatic heterocycles. The van der Waals surface area contributed by atoms with Crippen LogP contribution in [0, 0.1) is 5.41 Å². The van der Waals surface area contributed by atoms with Gasteiger partial charge in [0.2, 0.25) is 11.8 Å². The monoisotopic (exact) mass is 221 g/mol. The largest absolute Gasteiger partial charge is 0.478 e. The molecule has 88 valence electrons. The number of nitrogens with zero attached hydrogens (tertiary/aromatic N) is 2. The third kappa shape index (κ3) is 2.62. The van der Waals surface area contributed by atoms with Crippen molar-refractivity contribution in [2.24, 2.45) is 5.41 Å². The summed E-state index contributed by atoms with van der Waals surface area (Å²) in [4.78, 5) is 8.47. The molecule has 0 amide bonds. The zero-order valence-electron chi connectivity index (χ0n) is 9.99. The minimum absolute atomic E-state index is 0.505. The lowest BCUT2D eigenvalue weighted by Crippen LogP contribution is -2.16. The molecular weight excluding hydrogens is 202 g/mol. The van der Waals surface area contributed by atoms with Crippen molar-refractivity contribution in [2.45, 2.75) is 33.1 Å². The Labute approximate surface area is 96.4 Å². The summed E-state index contributed by atoms with van der Waals surface area (Å²) in [6.07, 6.45) is 5.60. The summed E-state index contributed by atoms with van der Waals surface area (Å²) in [6, 6.07) is 1.78. The average molecular weight is 221 g/mol. The van der Waals surface area contributed by atoms with Gasteiger partial charge >= 0.3 is 0 Å². The normalized spacial score (nSPS) is 16.9. The first-order valence-electron chi connectivity index (χ1n) is 5.98. The highest BCUT2D eigenvalue weighted by atomic mass is 16.5. The van der Waals surface area contributed by atoms with E-state index in [-0.39, 0.29) is 0 Å². The average Bonchev–Trinajstić information content (AvgIpc) is 3.08. The zero-order valence-corrected chi connectivity index (χ0v) is 9.99. The van der Waals surface area contributed by atoms with Gasteiger partial charge in [0.05, 0.1) is 6.61 Å². The topological polar surface area (TPSA) is 47.0 Å². The zero-order chi connectivity index (χ0) is 11.4. The summed E-state index contributed by atoms with van der Waals surface area (Å²) in [5.74, 6) is 1.31. The fourth-order valence-electron chi connectivity index (χ4n) is 1.75. The van der Waals surface area contributed by atoms with Gasteiger partial charge in [-0.15, -0.1) is 0 Å². The van der Waals surface area contributed by atoms with Crippen LogP contribution >= 0.6 is 0 Å². The second-order valence-corrected chi connectivity index (χ2v) is 4.36. The molecule has 0 aromatic carbocycles. The van der Waals surface area contributed by atoms with Gasteiger partial charge in [0.1, 0.15) is 0 Å². The number of hydrogen-bond donors (Lipinski definition) is 1. The molecule has 1 saturated carbocycles. The van der Waals surface area contributed by atoms with Crippen LogP contribution < -0.4 is 10.1 Å². The van der Waals surface area contributed by atoms with E-state index in [0.717, 1.165) is 6.54 Å². The molecule has 2 rings (SSSR count). The molecule has 4 heteroatoms. The fourth-order valence-corrected chi connectivity index (χ4v) is 1.75. The molecule has 1 heterocycles. The lowest BCUT2D eigenvalue weighted by atomic mass is 10.0. The minimum atomic E-state index is 0.505. The second-order valence-electron chi connectivity index (χ2n) is 4.36. The molecule has 1 N–H and O–H groups in total. The van der Waals surface area contributed by atoms with Gasteiger partial charge in [-0.3, -0.25) is 0 Å². The molecule has 16 heavy (non-hydrogen) atoms. The Hall–Kier alpha value is -1.32. The summed E-state index contributed by atoms with van der Waals surface area (Å²) in [5.41, 5.74) is 0.505. The lowest BCUT2D eigenvalue weighted by molar-refractivity contribution is 0.326. The van der Waals surface area contributed by atoms with Crippen molar-refractivity contribution >= 4 is 5.95 Å². The summed E-state index contributed by atoms with van der Waals surface area (Å²) < 4.78 is 5.33. The van der Waals surface area contributed by atoms with Crippen molar-refractivity contribution in [3.8, 4) is 5.88 Å². The summed E-state index contributed by atoms with van der Waals surface area (Å²) in [6.45, 7) is 5.80. The van der Waals surface area contributed by atoms with E-state index in [9.17, 15) is 0 Å². The van der Waals surface area contributed by atoms with E-state index in [2.05, 4.69) is 22.2 Å². The van der Waals surface area contributed by atoms with E-state index < -0.39 is 0 Å². The van der Waals surface area contributed by atoms with Crippen LogP contribution in [0.1, 0.15) is 33.1 Å². The quantitative estimate of drug-likeness (QED) is 0.801. The first-order valence-corrected chi connectivity index (χ1v) is 5.98. The molecule has 1 aliphatic carbocycles. The second kappa shape index (κ2) is 4.68. The van der Waals surface area contributed by atoms with E-state index >= 15 is 0 Å². The number of hydrogen-bond acceptors (Lipinski definition) is 4. The highest BCUT2D eigenvalue weighted by molar-refractivity contribution is 5.28. The van der Waals surface area contributed by atoms with E-state index in [0.29, 0.717) is 23.9 Å². The summed E-state index contributed by atoms with van der Waals surface area (Å²) >= 11 is 0. The third-order valence-electron chi connectivity index (χ3n) is 3.25. The SMILES string of the molecule is CCOc1ccnc(NCC2(CC)CC2)n1. The van der Waals surface area contributed by atoms with E-state index in [1.54, 1.807) is 12.3 Å². The molecule has 0 unspecified atom stereocenters. The van der Waals surface area contributed by atoms with E-state index in [4.69, 9.17) is 4.74 Å². The summed E-state index contributed by atoms with van der Waals surface area (Å²) in [7, 11) is 0. The Kier molecular flexibility index (Phi) is 3.27. The van der Waals surface area contributed by atoms with Crippen molar-refractivity contribution in [3.05, 3.63) is 12.3 Å². The Morgan fingerprint density at radius 2 is 2.25 bits per heavy atom. The first kappa shape index (κ1) is 11.2. The molecular formula is C12H19N3O. The minimum Gasteiger partial charge on any atom is -0.478 e. The molecule has 0 atom stereocenters. The third-order valence-corrected chi connectivity index (χ3v) is 3.25. The van der Waals surface area contributed by atoms with Gasteiger partial charge in [-0.1, -0.05) is 6.92 Å². The molecule has 0 radical (unpaired) electrons. The first-order chi connectivity index (χ1) is 7.78. The van der Waals surface area contributed by atoms with E-state index in [1.807, 2.05) is 6.92 Å². The van der Waals surface area contributed by atoms with Crippen molar-refractivity contribution in [1.29, 1.82) is 0 Å². The maximum absolute atomic E-state index is 5.33. The van der Waals surface area contributed by atoms with Crippen LogP contribution in [0.25, 0.3) is 0 Å². The predicted molar refractivity (Wildman–Crippen MR) is 63.6 cm³/mol. The van der Waals surface area contributed by atoms with E-state index in [1.165, 1.54) is 19.3 Å². The fraction of sp³-hybridized carbons (Fsp3) is 0.667. The Morgan fingerprint density at radius 1 is 1.44 bits per heavy atom. The van der Waals surface area contributed by atoms with Gasteiger partial charge in [0.25, 0.3) is 0 Å². The Bertz CT molecular complexity index is 350. The van der Waals surface area contributed by atoms with Crippen molar-refractivity contribution < 1.29 is 4.74 Å². The molecule has 1 aromatic heterocycles. The van der Waals surface area contributed by atoms with Gasteiger partial charge in [-0.2, -0.15) is 4.98 Å². The highest BCUT2D eigenvalue weighted by Crippen LogP contribution is 2.48. The smallest absolute Gasteiger partial charge is 0.225 e. The predicted octanol–water partition coefficient (Wildman–Crippen LogP) is 2.48. The van der Waals surface area contributed by atoms with Crippen LogP contribution in [0.4, 0.5) is 5.95 Å². The molecule has 0 saturated heterocycles. The molecule has 1 fully saturated rings. The van der Waals surface area contributed by atoms with Crippen LogP contribution in [-0.4, -0.2) is 23.1 Å². The number of anilines is 1. The number of rotatable bonds is 6.